The number of esters is 1. The zero-order valence-corrected chi connectivity index (χ0v) is 12.0. The maximum absolute atomic E-state index is 11.6. The van der Waals surface area contributed by atoms with Gasteiger partial charge in [0.05, 0.1) is 5.69 Å². The van der Waals surface area contributed by atoms with Crippen LogP contribution in [0.1, 0.15) is 21.8 Å². The number of nitrogens with one attached hydrogen (secondary N) is 1. The third-order valence-electron chi connectivity index (χ3n) is 2.57. The van der Waals surface area contributed by atoms with Gasteiger partial charge in [0.2, 0.25) is 5.76 Å². The molecular formula is C14H13ClN2O4. The first-order valence-corrected chi connectivity index (χ1v) is 6.54. The number of carbonyl (C=O) groups excluding carboxylic acids is 2. The molecule has 2 rings (SSSR count). The minimum atomic E-state index is -0.725. The second kappa shape index (κ2) is 6.90. The average molecular weight is 309 g/mol. The van der Waals surface area contributed by atoms with Crippen LogP contribution in [-0.2, 0) is 16.1 Å². The molecule has 1 aromatic carbocycles. The number of hydrogen-bond donors (Lipinski definition) is 1. The van der Waals surface area contributed by atoms with E-state index in [2.05, 4.69) is 10.5 Å². The van der Waals surface area contributed by atoms with Crippen LogP contribution >= 0.6 is 11.6 Å². The van der Waals surface area contributed by atoms with Gasteiger partial charge >= 0.3 is 5.97 Å². The van der Waals surface area contributed by atoms with Crippen molar-refractivity contribution in [3.63, 3.8) is 0 Å². The Bertz CT molecular complexity index is 637. The van der Waals surface area contributed by atoms with Gasteiger partial charge < -0.3 is 14.6 Å². The Morgan fingerprint density at radius 1 is 1.33 bits per heavy atom. The zero-order chi connectivity index (χ0) is 15.2. The molecule has 0 bridgehead atoms. The topological polar surface area (TPSA) is 81.4 Å². The van der Waals surface area contributed by atoms with Crippen LogP contribution in [0.2, 0.25) is 5.02 Å². The standard InChI is InChI=1S/C14H13ClN2O4/c1-9-6-12(21-17-9)14(19)20-8-13(18)16-7-10-2-4-11(15)5-3-10/h2-6H,7-8H2,1H3,(H,16,18). The Labute approximate surface area is 126 Å². The Morgan fingerprint density at radius 3 is 2.67 bits per heavy atom. The molecule has 2 aromatic rings. The highest BCUT2D eigenvalue weighted by atomic mass is 35.5. The summed E-state index contributed by atoms with van der Waals surface area (Å²) in [6.45, 7) is 1.63. The molecule has 0 aliphatic carbocycles. The molecule has 110 valence electrons. The van der Waals surface area contributed by atoms with E-state index in [9.17, 15) is 9.59 Å². The van der Waals surface area contributed by atoms with Gasteiger partial charge in [-0.05, 0) is 24.6 Å². The van der Waals surface area contributed by atoms with Crippen molar-refractivity contribution in [3.8, 4) is 0 Å². The summed E-state index contributed by atoms with van der Waals surface area (Å²) in [4.78, 5) is 23.1. The summed E-state index contributed by atoms with van der Waals surface area (Å²) in [7, 11) is 0. The quantitative estimate of drug-likeness (QED) is 0.856. The lowest BCUT2D eigenvalue weighted by molar-refractivity contribution is -0.124. The predicted octanol–water partition coefficient (Wildman–Crippen LogP) is 2.11. The van der Waals surface area contributed by atoms with Crippen LogP contribution in [0.5, 0.6) is 0 Å². The van der Waals surface area contributed by atoms with Crippen molar-refractivity contribution in [1.82, 2.24) is 10.5 Å². The second-order valence-corrected chi connectivity index (χ2v) is 4.75. The summed E-state index contributed by atoms with van der Waals surface area (Å²) in [6.07, 6.45) is 0. The summed E-state index contributed by atoms with van der Waals surface area (Å²) in [6, 6.07) is 8.50. The van der Waals surface area contributed by atoms with E-state index in [0.717, 1.165) is 5.56 Å². The monoisotopic (exact) mass is 308 g/mol. The van der Waals surface area contributed by atoms with Gasteiger partial charge in [0, 0.05) is 17.6 Å². The molecule has 21 heavy (non-hydrogen) atoms. The molecule has 0 fully saturated rings. The maximum Gasteiger partial charge on any atom is 0.377 e. The van der Waals surface area contributed by atoms with Gasteiger partial charge in [0.15, 0.2) is 6.61 Å². The first-order valence-electron chi connectivity index (χ1n) is 6.16. The van der Waals surface area contributed by atoms with E-state index in [0.29, 0.717) is 17.3 Å². The normalized spacial score (nSPS) is 10.2. The molecule has 0 saturated heterocycles. The molecule has 0 atom stereocenters. The van der Waals surface area contributed by atoms with E-state index in [4.69, 9.17) is 20.9 Å². The Hall–Kier alpha value is -2.34. The van der Waals surface area contributed by atoms with Gasteiger partial charge in [0.1, 0.15) is 0 Å². The van der Waals surface area contributed by atoms with Gasteiger partial charge in [-0.15, -0.1) is 0 Å². The van der Waals surface area contributed by atoms with Crippen LogP contribution in [0.3, 0.4) is 0 Å². The first kappa shape index (κ1) is 15.1. The summed E-state index contributed by atoms with van der Waals surface area (Å²) in [5.74, 6) is -1.16. The van der Waals surface area contributed by atoms with Gasteiger partial charge in [0.25, 0.3) is 5.91 Å². The SMILES string of the molecule is Cc1cc(C(=O)OCC(=O)NCc2ccc(Cl)cc2)on1. The van der Waals surface area contributed by atoms with Crippen molar-refractivity contribution in [1.29, 1.82) is 0 Å². The van der Waals surface area contributed by atoms with Crippen molar-refractivity contribution in [2.45, 2.75) is 13.5 Å². The fourth-order valence-electron chi connectivity index (χ4n) is 1.52. The highest BCUT2D eigenvalue weighted by molar-refractivity contribution is 6.30. The smallest absolute Gasteiger partial charge is 0.377 e. The molecule has 1 N–H and O–H groups in total. The number of benzene rings is 1. The van der Waals surface area contributed by atoms with Crippen molar-refractivity contribution < 1.29 is 18.8 Å². The van der Waals surface area contributed by atoms with Crippen LogP contribution in [0.15, 0.2) is 34.9 Å². The fraction of sp³-hybridized carbons (Fsp3) is 0.214. The predicted molar refractivity (Wildman–Crippen MR) is 74.8 cm³/mol. The summed E-state index contributed by atoms with van der Waals surface area (Å²) >= 11 is 5.76. The van der Waals surface area contributed by atoms with E-state index in [-0.39, 0.29) is 12.4 Å². The zero-order valence-electron chi connectivity index (χ0n) is 11.3. The molecule has 0 unspecified atom stereocenters. The minimum absolute atomic E-state index is 0.0296. The fourth-order valence-corrected chi connectivity index (χ4v) is 1.64. The molecule has 0 spiro atoms. The number of hydrogen-bond acceptors (Lipinski definition) is 5. The van der Waals surface area contributed by atoms with Crippen LogP contribution in [-0.4, -0.2) is 23.6 Å². The van der Waals surface area contributed by atoms with Crippen LogP contribution in [0, 0.1) is 6.92 Å². The number of aromatic nitrogens is 1. The highest BCUT2D eigenvalue weighted by Crippen LogP contribution is 2.09. The van der Waals surface area contributed by atoms with Crippen LogP contribution in [0.25, 0.3) is 0 Å². The molecule has 1 aromatic heterocycles. The van der Waals surface area contributed by atoms with E-state index in [1.165, 1.54) is 6.07 Å². The number of amides is 1. The largest absolute Gasteiger partial charge is 0.450 e. The second-order valence-electron chi connectivity index (χ2n) is 4.31. The Balaban J connectivity index is 1.74. The number of halogens is 1. The van der Waals surface area contributed by atoms with Crippen molar-refractivity contribution >= 4 is 23.5 Å². The van der Waals surface area contributed by atoms with Gasteiger partial charge in [-0.2, -0.15) is 0 Å². The molecule has 0 aliphatic rings. The molecular weight excluding hydrogens is 296 g/mol. The van der Waals surface area contributed by atoms with Crippen LogP contribution in [0.4, 0.5) is 0 Å². The molecule has 1 heterocycles. The van der Waals surface area contributed by atoms with E-state index < -0.39 is 11.9 Å². The first-order chi connectivity index (χ1) is 10.0. The third-order valence-corrected chi connectivity index (χ3v) is 2.82. The summed E-state index contributed by atoms with van der Waals surface area (Å²) in [5, 5.41) is 6.81. The molecule has 0 aliphatic heterocycles. The maximum atomic E-state index is 11.6. The van der Waals surface area contributed by atoms with E-state index in [1.807, 2.05) is 0 Å². The molecule has 0 radical (unpaired) electrons. The number of carbonyl (C=O) groups is 2. The van der Waals surface area contributed by atoms with Crippen molar-refractivity contribution in [2.24, 2.45) is 0 Å². The third kappa shape index (κ3) is 4.61. The highest BCUT2D eigenvalue weighted by Gasteiger charge is 2.14. The van der Waals surface area contributed by atoms with Crippen molar-refractivity contribution in [2.75, 3.05) is 6.61 Å². The molecule has 1 amide bonds. The van der Waals surface area contributed by atoms with E-state index >= 15 is 0 Å². The molecule has 6 nitrogen and oxygen atoms in total. The molecule has 0 saturated carbocycles. The summed E-state index contributed by atoms with van der Waals surface area (Å²) < 4.78 is 9.54. The van der Waals surface area contributed by atoms with E-state index in [1.54, 1.807) is 31.2 Å². The van der Waals surface area contributed by atoms with Gasteiger partial charge in [-0.3, -0.25) is 4.79 Å². The number of aryl methyl sites for hydroxylation is 1. The summed E-state index contributed by atoms with van der Waals surface area (Å²) in [5.41, 5.74) is 1.46. The lowest BCUT2D eigenvalue weighted by Crippen LogP contribution is -2.28. The average Bonchev–Trinajstić information content (AvgIpc) is 2.91. The van der Waals surface area contributed by atoms with Crippen molar-refractivity contribution in [3.05, 3.63) is 52.4 Å². The number of rotatable bonds is 5. The van der Waals surface area contributed by atoms with Gasteiger partial charge in [-0.25, -0.2) is 4.79 Å². The molecule has 7 heteroatoms. The number of ether oxygens (including phenoxy) is 1. The van der Waals surface area contributed by atoms with Crippen LogP contribution < -0.4 is 5.32 Å². The van der Waals surface area contributed by atoms with Gasteiger partial charge in [-0.1, -0.05) is 28.9 Å². The Morgan fingerprint density at radius 2 is 2.05 bits per heavy atom. The number of nitrogens with zero attached hydrogens (tertiary/aromatic N) is 1. The lowest BCUT2D eigenvalue weighted by Gasteiger charge is -2.05. The minimum Gasteiger partial charge on any atom is -0.450 e. The lowest BCUT2D eigenvalue weighted by atomic mass is 10.2. The Kier molecular flexibility index (Phi) is 4.94.